The van der Waals surface area contributed by atoms with E-state index in [4.69, 9.17) is 35.4 Å². The predicted octanol–water partition coefficient (Wildman–Crippen LogP) is 6.31. The van der Waals surface area contributed by atoms with E-state index in [0.717, 1.165) is 14.9 Å². The number of anilines is 1. The average Bonchev–Trinajstić information content (AvgIpc) is 2.96. The summed E-state index contributed by atoms with van der Waals surface area (Å²) in [6.45, 7) is 0. The average molecular weight is 554 g/mol. The maximum Gasteiger partial charge on any atom is 0.234 e. The van der Waals surface area contributed by atoms with Crippen molar-refractivity contribution in [2.75, 3.05) is 11.1 Å². The van der Waals surface area contributed by atoms with Crippen LogP contribution in [-0.4, -0.2) is 21.4 Å². The molecule has 2 aromatic carbocycles. The van der Waals surface area contributed by atoms with Gasteiger partial charge < -0.3 is 5.32 Å². The van der Waals surface area contributed by atoms with Crippen molar-refractivity contribution in [3.05, 3.63) is 60.0 Å². The van der Waals surface area contributed by atoms with Crippen molar-refractivity contribution in [3.8, 4) is 5.69 Å². The largest absolute Gasteiger partial charge is 0.325 e. The SMILES string of the molecule is O=C(CSc1nn(-c2ccc(Cl)c(Cl)c2)c(=S)s1)Nc1cccc(I)c1. The lowest BCUT2D eigenvalue weighted by molar-refractivity contribution is -0.113. The van der Waals surface area contributed by atoms with Crippen LogP contribution in [0, 0.1) is 7.52 Å². The van der Waals surface area contributed by atoms with E-state index in [1.165, 1.54) is 23.1 Å². The lowest BCUT2D eigenvalue weighted by Gasteiger charge is -2.04. The number of hydrogen-bond acceptors (Lipinski definition) is 5. The molecule has 134 valence electrons. The normalized spacial score (nSPS) is 10.7. The molecule has 0 atom stereocenters. The summed E-state index contributed by atoms with van der Waals surface area (Å²) in [4.78, 5) is 12.1. The maximum atomic E-state index is 12.1. The first-order valence-corrected chi connectivity index (χ1v) is 11.2. The van der Waals surface area contributed by atoms with Crippen LogP contribution >= 0.6 is 81.1 Å². The Morgan fingerprint density at radius 2 is 2.08 bits per heavy atom. The summed E-state index contributed by atoms with van der Waals surface area (Å²) >= 11 is 22.2. The summed E-state index contributed by atoms with van der Waals surface area (Å²) in [6, 6.07) is 12.8. The van der Waals surface area contributed by atoms with E-state index in [1.807, 2.05) is 24.3 Å². The second-order valence-electron chi connectivity index (χ2n) is 4.99. The zero-order valence-electron chi connectivity index (χ0n) is 12.9. The van der Waals surface area contributed by atoms with Gasteiger partial charge in [-0.2, -0.15) is 0 Å². The molecule has 4 nitrogen and oxygen atoms in total. The van der Waals surface area contributed by atoms with Crippen LogP contribution in [0.25, 0.3) is 5.69 Å². The number of carbonyl (C=O) groups excluding carboxylic acids is 1. The van der Waals surface area contributed by atoms with Crippen molar-refractivity contribution in [1.29, 1.82) is 0 Å². The van der Waals surface area contributed by atoms with Crippen molar-refractivity contribution in [1.82, 2.24) is 9.78 Å². The molecule has 0 aliphatic carbocycles. The van der Waals surface area contributed by atoms with Gasteiger partial charge in [-0.05, 0) is 71.2 Å². The minimum absolute atomic E-state index is 0.0980. The summed E-state index contributed by atoms with van der Waals surface area (Å²) in [5.74, 6) is 0.147. The van der Waals surface area contributed by atoms with Crippen LogP contribution in [0.3, 0.4) is 0 Å². The number of rotatable bonds is 5. The summed E-state index contributed by atoms with van der Waals surface area (Å²) in [5, 5.41) is 8.23. The highest BCUT2D eigenvalue weighted by Gasteiger charge is 2.11. The van der Waals surface area contributed by atoms with Gasteiger partial charge in [0.15, 0.2) is 8.29 Å². The zero-order valence-corrected chi connectivity index (χ0v) is 19.0. The monoisotopic (exact) mass is 553 g/mol. The van der Waals surface area contributed by atoms with Gasteiger partial charge in [0.25, 0.3) is 0 Å². The molecular formula is C16H10Cl2IN3OS3. The highest BCUT2D eigenvalue weighted by atomic mass is 127. The van der Waals surface area contributed by atoms with Crippen LogP contribution in [0.4, 0.5) is 5.69 Å². The van der Waals surface area contributed by atoms with Crippen molar-refractivity contribution in [3.63, 3.8) is 0 Å². The summed E-state index contributed by atoms with van der Waals surface area (Å²) < 4.78 is 3.95. The molecule has 26 heavy (non-hydrogen) atoms. The molecular weight excluding hydrogens is 544 g/mol. The number of benzene rings is 2. The standard InChI is InChI=1S/C16H10Cl2IN3OS3/c17-12-5-4-11(7-13(12)18)22-16(24)26-15(21-22)25-8-14(23)20-10-3-1-2-9(19)6-10/h1-7H,8H2,(H,20,23). The van der Waals surface area contributed by atoms with Crippen LogP contribution < -0.4 is 5.32 Å². The quantitative estimate of drug-likeness (QED) is 0.228. The summed E-state index contributed by atoms with van der Waals surface area (Å²) in [7, 11) is 0. The molecule has 0 unspecified atom stereocenters. The van der Waals surface area contributed by atoms with Crippen LogP contribution in [0.15, 0.2) is 46.8 Å². The third-order valence-electron chi connectivity index (χ3n) is 3.11. The van der Waals surface area contributed by atoms with Gasteiger partial charge in [0.1, 0.15) is 0 Å². The van der Waals surface area contributed by atoms with Gasteiger partial charge in [-0.1, -0.05) is 52.4 Å². The van der Waals surface area contributed by atoms with Gasteiger partial charge in [0.2, 0.25) is 5.91 Å². The number of nitrogens with one attached hydrogen (secondary N) is 1. The number of carbonyl (C=O) groups is 1. The predicted molar refractivity (Wildman–Crippen MR) is 121 cm³/mol. The molecule has 0 fully saturated rings. The molecule has 0 aliphatic rings. The number of amides is 1. The van der Waals surface area contributed by atoms with E-state index < -0.39 is 0 Å². The molecule has 0 saturated carbocycles. The molecule has 0 radical (unpaired) electrons. The first-order valence-electron chi connectivity index (χ1n) is 7.16. The van der Waals surface area contributed by atoms with Gasteiger partial charge in [-0.25, -0.2) is 4.68 Å². The van der Waals surface area contributed by atoms with Crippen molar-refractivity contribution < 1.29 is 4.79 Å². The third kappa shape index (κ3) is 5.20. The first kappa shape index (κ1) is 20.1. The van der Waals surface area contributed by atoms with Crippen molar-refractivity contribution >= 4 is 92.7 Å². The van der Waals surface area contributed by atoms with Gasteiger partial charge in [0.05, 0.1) is 21.5 Å². The van der Waals surface area contributed by atoms with E-state index in [2.05, 4.69) is 33.0 Å². The summed E-state index contributed by atoms with van der Waals surface area (Å²) in [6.07, 6.45) is 0. The minimum Gasteiger partial charge on any atom is -0.325 e. The molecule has 1 N–H and O–H groups in total. The molecule has 3 aromatic rings. The Morgan fingerprint density at radius 1 is 1.27 bits per heavy atom. The third-order valence-corrected chi connectivity index (χ3v) is 6.89. The minimum atomic E-state index is -0.0980. The van der Waals surface area contributed by atoms with E-state index in [1.54, 1.807) is 22.9 Å². The van der Waals surface area contributed by atoms with Crippen molar-refractivity contribution in [2.45, 2.75) is 4.34 Å². The van der Waals surface area contributed by atoms with Gasteiger partial charge in [0, 0.05) is 9.26 Å². The van der Waals surface area contributed by atoms with Gasteiger partial charge >= 0.3 is 0 Å². The molecule has 1 heterocycles. The van der Waals surface area contributed by atoms with Crippen LogP contribution in [0.2, 0.25) is 10.0 Å². The smallest absolute Gasteiger partial charge is 0.234 e. The number of halogens is 3. The fraction of sp³-hybridized carbons (Fsp3) is 0.0625. The molecule has 0 spiro atoms. The molecule has 0 bridgehead atoms. The Labute approximate surface area is 187 Å². The summed E-state index contributed by atoms with van der Waals surface area (Å²) in [5.41, 5.74) is 1.51. The topological polar surface area (TPSA) is 46.9 Å². The molecule has 10 heteroatoms. The molecule has 3 rings (SSSR count). The van der Waals surface area contributed by atoms with E-state index in [-0.39, 0.29) is 11.7 Å². The van der Waals surface area contributed by atoms with E-state index >= 15 is 0 Å². The lowest BCUT2D eigenvalue weighted by Crippen LogP contribution is -2.14. The second-order valence-corrected chi connectivity index (χ2v) is 9.90. The fourth-order valence-corrected chi connectivity index (χ4v) is 4.99. The Kier molecular flexibility index (Phi) is 6.98. The number of nitrogens with zero attached hydrogens (tertiary/aromatic N) is 2. The Hall–Kier alpha value is -0.650. The van der Waals surface area contributed by atoms with Gasteiger partial charge in [-0.15, -0.1) is 5.10 Å². The number of aromatic nitrogens is 2. The van der Waals surface area contributed by atoms with Crippen LogP contribution in [0.5, 0.6) is 0 Å². The number of thioether (sulfide) groups is 1. The zero-order chi connectivity index (χ0) is 18.7. The van der Waals surface area contributed by atoms with Crippen LogP contribution in [0.1, 0.15) is 0 Å². The second kappa shape index (κ2) is 9.03. The van der Waals surface area contributed by atoms with Crippen LogP contribution in [-0.2, 0) is 4.79 Å². The van der Waals surface area contributed by atoms with Crippen molar-refractivity contribution in [2.24, 2.45) is 0 Å². The van der Waals surface area contributed by atoms with E-state index in [0.29, 0.717) is 18.3 Å². The Bertz CT molecular complexity index is 1020. The fourth-order valence-electron chi connectivity index (χ4n) is 1.99. The highest BCUT2D eigenvalue weighted by Crippen LogP contribution is 2.28. The molecule has 1 aromatic heterocycles. The first-order chi connectivity index (χ1) is 12.4. The Balaban J connectivity index is 1.66. The lowest BCUT2D eigenvalue weighted by atomic mass is 10.3. The van der Waals surface area contributed by atoms with E-state index in [9.17, 15) is 4.79 Å². The molecule has 0 saturated heterocycles. The Morgan fingerprint density at radius 3 is 2.81 bits per heavy atom. The molecule has 0 aliphatic heterocycles. The molecule has 1 amide bonds. The number of hydrogen-bond donors (Lipinski definition) is 1. The highest BCUT2D eigenvalue weighted by molar-refractivity contribution is 14.1. The van der Waals surface area contributed by atoms with Gasteiger partial charge in [-0.3, -0.25) is 4.79 Å². The maximum absolute atomic E-state index is 12.1.